The lowest BCUT2D eigenvalue weighted by Gasteiger charge is -2.56. The van der Waals surface area contributed by atoms with Crippen LogP contribution in [0.2, 0.25) is 0 Å². The lowest BCUT2D eigenvalue weighted by atomic mass is 9.49. The Kier molecular flexibility index (Phi) is 3.06. The van der Waals surface area contributed by atoms with Crippen molar-refractivity contribution in [3.05, 3.63) is 11.6 Å². The molecule has 4 rings (SSSR count). The topological polar surface area (TPSA) is 26.0 Å². The fourth-order valence-electron chi connectivity index (χ4n) is 5.33. The molecule has 4 fully saturated rings. The van der Waals surface area contributed by atoms with Gasteiger partial charge in [-0.25, -0.2) is 0 Å². The molecule has 4 saturated carbocycles. The first-order valence-electron chi connectivity index (χ1n) is 7.57. The van der Waals surface area contributed by atoms with Crippen molar-refractivity contribution < 1.29 is 0 Å². The van der Waals surface area contributed by atoms with E-state index in [9.17, 15) is 0 Å². The summed E-state index contributed by atoms with van der Waals surface area (Å²) in [6.07, 6.45) is 14.2. The van der Waals surface area contributed by atoms with E-state index >= 15 is 0 Å². The third kappa shape index (κ3) is 2.31. The summed E-state index contributed by atoms with van der Waals surface area (Å²) in [7, 11) is 0. The molecule has 1 nitrogen and oxygen atoms in total. The van der Waals surface area contributed by atoms with E-state index in [4.69, 9.17) is 5.73 Å². The van der Waals surface area contributed by atoms with Crippen molar-refractivity contribution in [1.82, 2.24) is 0 Å². The van der Waals surface area contributed by atoms with Crippen molar-refractivity contribution in [3.63, 3.8) is 0 Å². The lowest BCUT2D eigenvalue weighted by Crippen LogP contribution is -2.45. The van der Waals surface area contributed by atoms with Crippen LogP contribution < -0.4 is 5.73 Å². The van der Waals surface area contributed by atoms with Gasteiger partial charge in [0.1, 0.15) is 0 Å². The summed E-state index contributed by atoms with van der Waals surface area (Å²) in [6, 6.07) is 0. The van der Waals surface area contributed by atoms with Gasteiger partial charge in [0, 0.05) is 0 Å². The van der Waals surface area contributed by atoms with Gasteiger partial charge in [0.2, 0.25) is 0 Å². The van der Waals surface area contributed by atoms with Gasteiger partial charge in [0.05, 0.1) is 0 Å². The van der Waals surface area contributed by atoms with Crippen molar-refractivity contribution in [3.8, 4) is 0 Å². The van der Waals surface area contributed by atoms with Gasteiger partial charge in [-0.05, 0) is 88.0 Å². The minimum Gasteiger partial charge on any atom is -0.330 e. The van der Waals surface area contributed by atoms with Gasteiger partial charge in [-0.15, -0.1) is 0 Å². The zero-order valence-electron chi connectivity index (χ0n) is 11.3. The van der Waals surface area contributed by atoms with Gasteiger partial charge in [0.15, 0.2) is 0 Å². The smallest absolute Gasteiger partial charge is 0.00742 e. The second-order valence-electron chi connectivity index (χ2n) is 7.16. The summed E-state index contributed by atoms with van der Waals surface area (Å²) in [5.74, 6) is 3.21. The van der Waals surface area contributed by atoms with Gasteiger partial charge in [-0.2, -0.15) is 0 Å². The maximum Gasteiger partial charge on any atom is -0.00742 e. The van der Waals surface area contributed by atoms with Gasteiger partial charge >= 0.3 is 0 Å². The zero-order chi connectivity index (χ0) is 11.9. The van der Waals surface area contributed by atoms with Crippen molar-refractivity contribution in [2.24, 2.45) is 28.9 Å². The Morgan fingerprint density at radius 2 is 1.65 bits per heavy atom. The highest BCUT2D eigenvalue weighted by molar-refractivity contribution is 5.14. The normalized spacial score (nSPS) is 44.4. The maximum absolute atomic E-state index is 5.61. The van der Waals surface area contributed by atoms with E-state index in [2.05, 4.69) is 13.0 Å². The molecule has 0 aromatic heterocycles. The van der Waals surface area contributed by atoms with Gasteiger partial charge in [-0.3, -0.25) is 0 Å². The van der Waals surface area contributed by atoms with Crippen LogP contribution in [-0.2, 0) is 0 Å². The monoisotopic (exact) mass is 233 g/mol. The third-order valence-electron chi connectivity index (χ3n) is 5.41. The Morgan fingerprint density at radius 1 is 1.12 bits per heavy atom. The average Bonchev–Trinajstić information content (AvgIpc) is 2.23. The molecule has 0 aromatic carbocycles. The van der Waals surface area contributed by atoms with E-state index < -0.39 is 0 Å². The summed E-state index contributed by atoms with van der Waals surface area (Å²) in [6.45, 7) is 3.17. The molecule has 0 atom stereocenters. The second-order valence-corrected chi connectivity index (χ2v) is 7.16. The van der Waals surface area contributed by atoms with Gasteiger partial charge in [-0.1, -0.05) is 11.6 Å². The molecule has 2 N–H and O–H groups in total. The Morgan fingerprint density at radius 3 is 2.12 bits per heavy atom. The molecule has 4 aliphatic rings. The summed E-state index contributed by atoms with van der Waals surface area (Å²) < 4.78 is 0. The molecule has 0 unspecified atom stereocenters. The summed E-state index contributed by atoms with van der Waals surface area (Å²) in [4.78, 5) is 0. The molecule has 0 aliphatic heterocycles. The van der Waals surface area contributed by atoms with E-state index in [1.54, 1.807) is 24.8 Å². The lowest BCUT2D eigenvalue weighted by molar-refractivity contribution is -0.0242. The second kappa shape index (κ2) is 4.42. The molecule has 0 aromatic rings. The molecular formula is C16H27N. The van der Waals surface area contributed by atoms with Crippen molar-refractivity contribution in [2.75, 3.05) is 6.54 Å². The average molecular weight is 233 g/mol. The highest BCUT2D eigenvalue weighted by atomic mass is 14.5. The van der Waals surface area contributed by atoms with Gasteiger partial charge in [0.25, 0.3) is 0 Å². The standard InChI is InChI=1S/C16H27N/c1-12(3-2-4-17)8-16-9-13-5-14(10-16)7-15(6-13)11-16/h8,13-15H,2-7,9-11,17H2,1H3/b12-8+. The minimum absolute atomic E-state index is 0.618. The predicted molar refractivity (Wildman–Crippen MR) is 72.7 cm³/mol. The molecule has 96 valence electrons. The summed E-state index contributed by atoms with van der Waals surface area (Å²) in [5, 5.41) is 0. The van der Waals surface area contributed by atoms with Crippen LogP contribution in [0.4, 0.5) is 0 Å². The van der Waals surface area contributed by atoms with Crippen LogP contribution in [0.5, 0.6) is 0 Å². The molecule has 0 amide bonds. The molecule has 4 bridgehead atoms. The Balaban J connectivity index is 1.73. The molecule has 0 saturated heterocycles. The number of hydrogen-bond donors (Lipinski definition) is 1. The molecule has 4 aliphatic carbocycles. The highest BCUT2D eigenvalue weighted by Gasteiger charge is 2.49. The van der Waals surface area contributed by atoms with Crippen LogP contribution in [0.1, 0.15) is 58.3 Å². The molecule has 0 heterocycles. The first kappa shape index (κ1) is 11.8. The largest absolute Gasteiger partial charge is 0.330 e. The van der Waals surface area contributed by atoms with Crippen LogP contribution in [0.15, 0.2) is 11.6 Å². The van der Waals surface area contributed by atoms with Crippen LogP contribution in [0.3, 0.4) is 0 Å². The van der Waals surface area contributed by atoms with Crippen LogP contribution in [0.25, 0.3) is 0 Å². The minimum atomic E-state index is 0.618. The maximum atomic E-state index is 5.61. The van der Waals surface area contributed by atoms with E-state index in [-0.39, 0.29) is 0 Å². The van der Waals surface area contributed by atoms with E-state index in [0.717, 1.165) is 30.7 Å². The first-order chi connectivity index (χ1) is 8.19. The Bertz CT molecular complexity index is 280. The number of nitrogens with two attached hydrogens (primary N) is 1. The fraction of sp³-hybridized carbons (Fsp3) is 0.875. The van der Waals surface area contributed by atoms with Gasteiger partial charge < -0.3 is 5.73 Å². The van der Waals surface area contributed by atoms with E-state index in [1.807, 2.05) is 0 Å². The molecule has 1 heteroatoms. The quantitative estimate of drug-likeness (QED) is 0.732. The first-order valence-corrected chi connectivity index (χ1v) is 7.57. The van der Waals surface area contributed by atoms with Crippen molar-refractivity contribution in [2.45, 2.75) is 58.3 Å². The van der Waals surface area contributed by atoms with Crippen molar-refractivity contribution in [1.29, 1.82) is 0 Å². The van der Waals surface area contributed by atoms with E-state index in [1.165, 1.54) is 25.7 Å². The Hall–Kier alpha value is -0.300. The number of rotatable bonds is 4. The summed E-state index contributed by atoms with van der Waals surface area (Å²) in [5.41, 5.74) is 7.84. The fourth-order valence-corrected chi connectivity index (χ4v) is 5.33. The molecular weight excluding hydrogens is 206 g/mol. The SMILES string of the molecule is C/C(=C\C12CC3CC(CC(C3)C1)C2)CCCN. The predicted octanol–water partition coefficient (Wildman–Crippen LogP) is 3.89. The van der Waals surface area contributed by atoms with Crippen LogP contribution >= 0.6 is 0 Å². The van der Waals surface area contributed by atoms with Crippen LogP contribution in [0, 0.1) is 23.2 Å². The highest BCUT2D eigenvalue weighted by Crippen LogP contribution is 2.60. The third-order valence-corrected chi connectivity index (χ3v) is 5.41. The Labute approximate surface area is 106 Å². The van der Waals surface area contributed by atoms with E-state index in [0.29, 0.717) is 5.41 Å². The van der Waals surface area contributed by atoms with Crippen LogP contribution in [-0.4, -0.2) is 6.54 Å². The zero-order valence-corrected chi connectivity index (χ0v) is 11.3. The molecule has 0 radical (unpaired) electrons. The van der Waals surface area contributed by atoms with Crippen molar-refractivity contribution >= 4 is 0 Å². The molecule has 0 spiro atoms. The summed E-state index contributed by atoms with van der Waals surface area (Å²) >= 11 is 0. The number of allylic oxidation sites excluding steroid dienone is 2. The number of hydrogen-bond acceptors (Lipinski definition) is 1. The molecule has 17 heavy (non-hydrogen) atoms.